The number of carbonyl (C=O) groups excluding carboxylic acids is 1. The Bertz CT molecular complexity index is 282. The van der Waals surface area contributed by atoms with Gasteiger partial charge in [-0.2, -0.15) is 0 Å². The summed E-state index contributed by atoms with van der Waals surface area (Å²) in [4.78, 5) is 11.6. The fourth-order valence-electron chi connectivity index (χ4n) is 1.29. The molecule has 0 heterocycles. The second-order valence-electron chi connectivity index (χ2n) is 3.42. The number of hydrogen-bond acceptors (Lipinski definition) is 1. The smallest absolute Gasteiger partial charge is 0.227 e. The maximum absolute atomic E-state index is 11.6. The first kappa shape index (κ1) is 10.8. The van der Waals surface area contributed by atoms with Crippen molar-refractivity contribution in [2.75, 3.05) is 6.54 Å². The molecule has 1 amide bonds. The molecule has 0 unspecified atom stereocenters. The van der Waals surface area contributed by atoms with E-state index in [0.29, 0.717) is 0 Å². The van der Waals surface area contributed by atoms with Crippen LogP contribution in [0.25, 0.3) is 0 Å². The average Bonchev–Trinajstić information content (AvgIpc) is 2.26. The van der Waals surface area contributed by atoms with Crippen LogP contribution in [0, 0.1) is 0 Å². The van der Waals surface area contributed by atoms with Gasteiger partial charge in [-0.25, -0.2) is 0 Å². The third-order valence-corrected chi connectivity index (χ3v) is 2.24. The van der Waals surface area contributed by atoms with Gasteiger partial charge in [-0.3, -0.25) is 4.79 Å². The van der Waals surface area contributed by atoms with Gasteiger partial charge < -0.3 is 5.32 Å². The summed E-state index contributed by atoms with van der Waals surface area (Å²) in [6.07, 6.45) is 0.979. The minimum absolute atomic E-state index is 0.0530. The highest BCUT2D eigenvalue weighted by Crippen LogP contribution is 2.13. The fourth-order valence-corrected chi connectivity index (χ4v) is 1.29. The van der Waals surface area contributed by atoms with E-state index in [1.165, 1.54) is 0 Å². The standard InChI is InChI=1S/C12H17NO/c1-3-9-13-12(14)10(2)11-7-5-4-6-8-11/h4-8,10H,3,9H2,1-2H3,(H,13,14)/t10-/m1/s1. The van der Waals surface area contributed by atoms with Crippen molar-refractivity contribution in [3.63, 3.8) is 0 Å². The van der Waals surface area contributed by atoms with Crippen LogP contribution in [0.5, 0.6) is 0 Å². The van der Waals surface area contributed by atoms with E-state index in [0.717, 1.165) is 18.5 Å². The van der Waals surface area contributed by atoms with E-state index in [1.807, 2.05) is 44.2 Å². The summed E-state index contributed by atoms with van der Waals surface area (Å²) in [5.74, 6) is 0.0563. The third-order valence-electron chi connectivity index (χ3n) is 2.24. The molecule has 0 aromatic heterocycles. The summed E-state index contributed by atoms with van der Waals surface area (Å²) in [7, 11) is 0. The molecule has 0 aliphatic rings. The predicted octanol–water partition coefficient (Wildman–Crippen LogP) is 2.32. The molecule has 14 heavy (non-hydrogen) atoms. The van der Waals surface area contributed by atoms with E-state index in [1.54, 1.807) is 0 Å². The molecule has 1 aromatic carbocycles. The Balaban J connectivity index is 2.57. The minimum Gasteiger partial charge on any atom is -0.356 e. The Morgan fingerprint density at radius 2 is 2.00 bits per heavy atom. The lowest BCUT2D eigenvalue weighted by atomic mass is 10.0. The van der Waals surface area contributed by atoms with E-state index < -0.39 is 0 Å². The van der Waals surface area contributed by atoms with Gasteiger partial charge >= 0.3 is 0 Å². The summed E-state index contributed by atoms with van der Waals surface area (Å²) in [5.41, 5.74) is 1.07. The molecule has 2 heteroatoms. The van der Waals surface area contributed by atoms with Crippen LogP contribution >= 0.6 is 0 Å². The van der Waals surface area contributed by atoms with E-state index in [-0.39, 0.29) is 11.8 Å². The number of amides is 1. The van der Waals surface area contributed by atoms with Gasteiger partial charge in [-0.05, 0) is 18.9 Å². The molecular formula is C12H17NO. The maximum atomic E-state index is 11.6. The van der Waals surface area contributed by atoms with Crippen molar-refractivity contribution in [2.24, 2.45) is 0 Å². The van der Waals surface area contributed by atoms with Crippen molar-refractivity contribution in [3.05, 3.63) is 35.9 Å². The SMILES string of the molecule is CCCNC(=O)[C@H](C)c1ccccc1. The summed E-state index contributed by atoms with van der Waals surface area (Å²) in [5, 5.41) is 2.89. The van der Waals surface area contributed by atoms with Crippen LogP contribution in [-0.2, 0) is 4.79 Å². The topological polar surface area (TPSA) is 29.1 Å². The second-order valence-corrected chi connectivity index (χ2v) is 3.42. The Morgan fingerprint density at radius 1 is 1.36 bits per heavy atom. The molecule has 1 atom stereocenters. The first-order valence-electron chi connectivity index (χ1n) is 5.08. The zero-order valence-electron chi connectivity index (χ0n) is 8.79. The van der Waals surface area contributed by atoms with Gasteiger partial charge in [0.1, 0.15) is 0 Å². The summed E-state index contributed by atoms with van der Waals surface area (Å²) < 4.78 is 0. The van der Waals surface area contributed by atoms with Crippen LogP contribution in [-0.4, -0.2) is 12.5 Å². The van der Waals surface area contributed by atoms with Crippen molar-refractivity contribution in [2.45, 2.75) is 26.2 Å². The molecule has 1 N–H and O–H groups in total. The summed E-state index contributed by atoms with van der Waals surface area (Å²) in [6, 6.07) is 9.84. The van der Waals surface area contributed by atoms with Crippen LogP contribution < -0.4 is 5.32 Å². The minimum atomic E-state index is -0.0530. The number of rotatable bonds is 4. The molecule has 0 aliphatic heterocycles. The quantitative estimate of drug-likeness (QED) is 0.777. The van der Waals surface area contributed by atoms with Crippen LogP contribution in [0.15, 0.2) is 30.3 Å². The first-order chi connectivity index (χ1) is 6.75. The molecule has 1 aromatic rings. The normalized spacial score (nSPS) is 12.1. The molecule has 0 spiro atoms. The Labute approximate surface area is 85.3 Å². The zero-order valence-corrected chi connectivity index (χ0v) is 8.79. The highest BCUT2D eigenvalue weighted by atomic mass is 16.1. The molecule has 0 aliphatic carbocycles. The van der Waals surface area contributed by atoms with Crippen molar-refractivity contribution in [3.8, 4) is 0 Å². The van der Waals surface area contributed by atoms with Gasteiger partial charge in [0.25, 0.3) is 0 Å². The van der Waals surface area contributed by atoms with Gasteiger partial charge in [0.05, 0.1) is 5.92 Å². The van der Waals surface area contributed by atoms with Gasteiger partial charge in [0, 0.05) is 6.54 Å². The first-order valence-corrected chi connectivity index (χ1v) is 5.08. The fraction of sp³-hybridized carbons (Fsp3) is 0.417. The van der Waals surface area contributed by atoms with E-state index in [2.05, 4.69) is 5.32 Å². The highest BCUT2D eigenvalue weighted by molar-refractivity contribution is 5.83. The zero-order chi connectivity index (χ0) is 10.4. The Morgan fingerprint density at radius 3 is 2.57 bits per heavy atom. The average molecular weight is 191 g/mol. The van der Waals surface area contributed by atoms with Crippen molar-refractivity contribution in [1.29, 1.82) is 0 Å². The number of nitrogens with one attached hydrogen (secondary N) is 1. The van der Waals surface area contributed by atoms with Gasteiger partial charge in [0.15, 0.2) is 0 Å². The lowest BCUT2D eigenvalue weighted by Crippen LogP contribution is -2.28. The van der Waals surface area contributed by atoms with Gasteiger partial charge in [-0.15, -0.1) is 0 Å². The third kappa shape index (κ3) is 2.87. The van der Waals surface area contributed by atoms with Crippen LogP contribution in [0.2, 0.25) is 0 Å². The molecule has 0 saturated heterocycles. The van der Waals surface area contributed by atoms with E-state index >= 15 is 0 Å². The van der Waals surface area contributed by atoms with Crippen molar-refractivity contribution >= 4 is 5.91 Å². The number of hydrogen-bond donors (Lipinski definition) is 1. The molecule has 0 radical (unpaired) electrons. The molecule has 2 nitrogen and oxygen atoms in total. The maximum Gasteiger partial charge on any atom is 0.227 e. The lowest BCUT2D eigenvalue weighted by Gasteiger charge is -2.11. The largest absolute Gasteiger partial charge is 0.356 e. The summed E-state index contributed by atoms with van der Waals surface area (Å²) in [6.45, 7) is 4.74. The van der Waals surface area contributed by atoms with Crippen LogP contribution in [0.4, 0.5) is 0 Å². The molecule has 76 valence electrons. The second kappa shape index (κ2) is 5.43. The van der Waals surface area contributed by atoms with E-state index in [4.69, 9.17) is 0 Å². The molecule has 0 saturated carbocycles. The predicted molar refractivity (Wildman–Crippen MR) is 58.2 cm³/mol. The van der Waals surface area contributed by atoms with Crippen LogP contribution in [0.1, 0.15) is 31.7 Å². The number of benzene rings is 1. The summed E-state index contributed by atoms with van der Waals surface area (Å²) >= 11 is 0. The van der Waals surface area contributed by atoms with Gasteiger partial charge in [0.2, 0.25) is 5.91 Å². The molecular weight excluding hydrogens is 174 g/mol. The molecule has 0 fully saturated rings. The van der Waals surface area contributed by atoms with Crippen molar-refractivity contribution in [1.82, 2.24) is 5.32 Å². The highest BCUT2D eigenvalue weighted by Gasteiger charge is 2.13. The molecule has 1 rings (SSSR count). The number of carbonyl (C=O) groups is 1. The Hall–Kier alpha value is -1.31. The van der Waals surface area contributed by atoms with Gasteiger partial charge in [-0.1, -0.05) is 37.3 Å². The van der Waals surface area contributed by atoms with Crippen molar-refractivity contribution < 1.29 is 4.79 Å². The van der Waals surface area contributed by atoms with Crippen LogP contribution in [0.3, 0.4) is 0 Å². The van der Waals surface area contributed by atoms with E-state index in [9.17, 15) is 4.79 Å². The Kier molecular flexibility index (Phi) is 4.17. The molecule has 0 bridgehead atoms. The lowest BCUT2D eigenvalue weighted by molar-refractivity contribution is -0.122. The monoisotopic (exact) mass is 191 g/mol.